The Balaban J connectivity index is 1.66. The molecule has 4 heteroatoms. The van der Waals surface area contributed by atoms with Crippen LogP contribution in [0, 0.1) is 10.8 Å². The molecule has 1 aromatic heterocycles. The van der Waals surface area contributed by atoms with Crippen molar-refractivity contribution >= 4 is 22.5 Å². The van der Waals surface area contributed by atoms with Crippen LogP contribution in [0.4, 0.5) is 0 Å². The molecule has 0 fully saturated rings. The van der Waals surface area contributed by atoms with Gasteiger partial charge in [0.25, 0.3) is 0 Å². The van der Waals surface area contributed by atoms with Crippen molar-refractivity contribution in [1.82, 2.24) is 4.57 Å². The normalized spacial score (nSPS) is 21.4. The monoisotopic (exact) mass is 479 g/mol. The predicted molar refractivity (Wildman–Crippen MR) is 141 cm³/mol. The average molecular weight is 480 g/mol. The molecule has 0 radical (unpaired) electrons. The lowest BCUT2D eigenvalue weighted by Gasteiger charge is -2.46. The third-order valence-corrected chi connectivity index (χ3v) is 8.38. The first kappa shape index (κ1) is 23.0. The number of benzene rings is 2. The lowest BCUT2D eigenvalue weighted by molar-refractivity contribution is -0.119. The number of Topliss-reactive ketones (excluding diaryl/α,β-unsaturated/α-hetero) is 2. The van der Waals surface area contributed by atoms with E-state index in [1.807, 2.05) is 12.1 Å². The van der Waals surface area contributed by atoms with E-state index >= 15 is 0 Å². The molecule has 2 aliphatic carbocycles. The smallest absolute Gasteiger partial charge is 0.163 e. The van der Waals surface area contributed by atoms with Crippen molar-refractivity contribution in [1.29, 1.82) is 0 Å². The molecule has 0 atom stereocenters. The lowest BCUT2D eigenvalue weighted by Crippen LogP contribution is -2.40. The summed E-state index contributed by atoms with van der Waals surface area (Å²) in [6.07, 6.45) is 2.46. The highest BCUT2D eigenvalue weighted by Crippen LogP contribution is 2.56. The maximum Gasteiger partial charge on any atom is 0.163 e. The van der Waals surface area contributed by atoms with Gasteiger partial charge in [-0.15, -0.1) is 0 Å². The van der Waals surface area contributed by atoms with E-state index in [4.69, 9.17) is 4.74 Å². The molecular weight excluding hydrogens is 446 g/mol. The van der Waals surface area contributed by atoms with E-state index in [0.717, 1.165) is 41.0 Å². The molecule has 2 heterocycles. The summed E-state index contributed by atoms with van der Waals surface area (Å²) in [5.41, 5.74) is 4.12. The van der Waals surface area contributed by atoms with E-state index in [-0.39, 0.29) is 22.4 Å². The van der Waals surface area contributed by atoms with Crippen molar-refractivity contribution in [3.63, 3.8) is 0 Å². The molecule has 0 spiro atoms. The summed E-state index contributed by atoms with van der Waals surface area (Å²) in [6, 6.07) is 20.9. The molecule has 0 unspecified atom stereocenters. The molecule has 0 amide bonds. The fourth-order valence-corrected chi connectivity index (χ4v) is 6.26. The first-order chi connectivity index (χ1) is 17.2. The number of fused-ring (bicyclic) bond motifs is 1. The van der Waals surface area contributed by atoms with Gasteiger partial charge in [0.1, 0.15) is 11.5 Å². The molecule has 0 saturated heterocycles. The highest BCUT2D eigenvalue weighted by atomic mass is 16.5. The first-order valence-electron chi connectivity index (χ1n) is 13.0. The number of aromatic nitrogens is 1. The van der Waals surface area contributed by atoms with Crippen molar-refractivity contribution < 1.29 is 14.3 Å². The topological polar surface area (TPSA) is 48.3 Å². The maximum absolute atomic E-state index is 13.6. The molecule has 0 N–H and O–H groups in total. The fourth-order valence-electron chi connectivity index (χ4n) is 6.26. The second kappa shape index (κ2) is 8.06. The molecule has 3 aliphatic rings. The second-order valence-corrected chi connectivity index (χ2v) is 11.8. The second-order valence-electron chi connectivity index (χ2n) is 11.8. The zero-order chi connectivity index (χ0) is 25.2. The van der Waals surface area contributed by atoms with Crippen molar-refractivity contribution in [2.24, 2.45) is 10.8 Å². The van der Waals surface area contributed by atoms with Gasteiger partial charge in [0, 0.05) is 52.6 Å². The quantitative estimate of drug-likeness (QED) is 0.403. The first-order valence-corrected chi connectivity index (χ1v) is 13.0. The van der Waals surface area contributed by atoms with Crippen molar-refractivity contribution in [3.8, 4) is 0 Å². The van der Waals surface area contributed by atoms with Crippen LogP contribution in [0.3, 0.4) is 0 Å². The minimum Gasteiger partial charge on any atom is -0.464 e. The third-order valence-electron chi connectivity index (χ3n) is 8.38. The Labute approximate surface area is 212 Å². The summed E-state index contributed by atoms with van der Waals surface area (Å²) in [6.45, 7) is 9.31. The zero-order valence-corrected chi connectivity index (χ0v) is 21.6. The molecule has 1 aliphatic heterocycles. The van der Waals surface area contributed by atoms with E-state index < -0.39 is 5.92 Å². The Morgan fingerprint density at radius 2 is 1.36 bits per heavy atom. The van der Waals surface area contributed by atoms with Gasteiger partial charge in [-0.05, 0) is 35.9 Å². The Morgan fingerprint density at radius 3 is 1.97 bits per heavy atom. The van der Waals surface area contributed by atoms with Crippen LogP contribution >= 0.6 is 0 Å². The van der Waals surface area contributed by atoms with E-state index in [9.17, 15) is 9.59 Å². The van der Waals surface area contributed by atoms with E-state index in [1.54, 1.807) is 0 Å². The number of carbonyl (C=O) groups is 2. The number of hydrogen-bond acceptors (Lipinski definition) is 3. The minimum absolute atomic E-state index is 0.105. The van der Waals surface area contributed by atoms with Crippen LogP contribution < -0.4 is 0 Å². The van der Waals surface area contributed by atoms with Gasteiger partial charge in [-0.1, -0.05) is 76.2 Å². The van der Waals surface area contributed by atoms with Gasteiger partial charge in [-0.3, -0.25) is 9.59 Å². The summed E-state index contributed by atoms with van der Waals surface area (Å²) in [7, 11) is 0. The van der Waals surface area contributed by atoms with Crippen LogP contribution in [0.25, 0.3) is 10.9 Å². The number of nitrogens with zero attached hydrogens (tertiary/aromatic N) is 1. The van der Waals surface area contributed by atoms with Gasteiger partial charge in [0.15, 0.2) is 11.6 Å². The summed E-state index contributed by atoms with van der Waals surface area (Å²) >= 11 is 0. The lowest BCUT2D eigenvalue weighted by atomic mass is 9.65. The maximum atomic E-state index is 13.6. The molecule has 6 rings (SSSR count). The van der Waals surface area contributed by atoms with Crippen LogP contribution in [0.5, 0.6) is 0 Å². The van der Waals surface area contributed by atoms with Gasteiger partial charge < -0.3 is 9.30 Å². The SMILES string of the molecule is CC1(C)CCC(=O)C2=C1OC1=C(C(=O)CCC1(C)C)C2c1cc2ccccc2n1Cc1ccccc1. The number of hydrogen-bond donors (Lipinski definition) is 0. The fraction of sp³-hybridized carbons (Fsp3) is 0.375. The molecule has 36 heavy (non-hydrogen) atoms. The molecular formula is C32H33NO3. The van der Waals surface area contributed by atoms with E-state index in [2.05, 4.69) is 80.8 Å². The molecule has 3 aromatic rings. The molecule has 0 bridgehead atoms. The Morgan fingerprint density at radius 1 is 0.806 bits per heavy atom. The van der Waals surface area contributed by atoms with Crippen molar-refractivity contribution in [2.75, 3.05) is 0 Å². The highest BCUT2D eigenvalue weighted by molar-refractivity contribution is 6.06. The largest absolute Gasteiger partial charge is 0.464 e. The summed E-state index contributed by atoms with van der Waals surface area (Å²) in [5.74, 6) is 1.32. The van der Waals surface area contributed by atoms with Crippen molar-refractivity contribution in [3.05, 3.63) is 94.6 Å². The van der Waals surface area contributed by atoms with Crippen LogP contribution in [0.15, 0.2) is 83.3 Å². The van der Waals surface area contributed by atoms with Gasteiger partial charge in [0.05, 0.1) is 5.92 Å². The number of ketones is 2. The number of carbonyl (C=O) groups excluding carboxylic acids is 2. The third kappa shape index (κ3) is 3.49. The minimum atomic E-state index is -0.418. The summed E-state index contributed by atoms with van der Waals surface area (Å²) < 4.78 is 8.96. The number of rotatable bonds is 3. The summed E-state index contributed by atoms with van der Waals surface area (Å²) in [5, 5.41) is 1.12. The number of ether oxygens (including phenoxy) is 1. The average Bonchev–Trinajstić information content (AvgIpc) is 3.22. The summed E-state index contributed by atoms with van der Waals surface area (Å²) in [4.78, 5) is 27.3. The van der Waals surface area contributed by atoms with Crippen LogP contribution in [-0.2, 0) is 20.9 Å². The zero-order valence-electron chi connectivity index (χ0n) is 21.6. The molecule has 2 aromatic carbocycles. The highest BCUT2D eigenvalue weighted by Gasteiger charge is 2.51. The van der Waals surface area contributed by atoms with Crippen molar-refractivity contribution in [2.45, 2.75) is 65.8 Å². The van der Waals surface area contributed by atoms with Crippen LogP contribution in [0.2, 0.25) is 0 Å². The number of para-hydroxylation sites is 1. The standard InChI is InChI=1S/C32H33NO3/c1-31(2)16-14-24(34)27-26(28-25(35)15-17-32(3,4)30(28)36-29(27)31)23-18-21-12-8-9-13-22(21)33(23)19-20-10-6-5-7-11-20/h5-13,18,26H,14-17,19H2,1-4H3. The van der Waals surface area contributed by atoms with E-state index in [0.29, 0.717) is 30.5 Å². The van der Waals surface area contributed by atoms with Gasteiger partial charge in [-0.25, -0.2) is 0 Å². The Kier molecular flexibility index (Phi) is 5.15. The molecule has 4 nitrogen and oxygen atoms in total. The molecule has 184 valence electrons. The predicted octanol–water partition coefficient (Wildman–Crippen LogP) is 7.09. The van der Waals surface area contributed by atoms with E-state index in [1.165, 1.54) is 5.56 Å². The number of allylic oxidation sites excluding steroid dienone is 4. The molecule has 0 saturated carbocycles. The Bertz CT molecular complexity index is 1410. The Hall–Kier alpha value is -3.40. The van der Waals surface area contributed by atoms with Gasteiger partial charge >= 0.3 is 0 Å². The van der Waals surface area contributed by atoms with Gasteiger partial charge in [-0.2, -0.15) is 0 Å². The van der Waals surface area contributed by atoms with Crippen LogP contribution in [-0.4, -0.2) is 16.1 Å². The van der Waals surface area contributed by atoms with Gasteiger partial charge in [0.2, 0.25) is 0 Å². The van der Waals surface area contributed by atoms with Crippen LogP contribution in [0.1, 0.15) is 70.6 Å².